The molecule has 1 heterocycles. The third-order valence-corrected chi connectivity index (χ3v) is 3.47. The summed E-state index contributed by atoms with van der Waals surface area (Å²) in [5.41, 5.74) is 2.11. The number of likely N-dealkylation sites (N-methyl/N-ethyl adjacent to an activating group) is 1. The largest absolute Gasteiger partial charge is 0.316 e. The second kappa shape index (κ2) is 6.13. The number of aryl methyl sites for hydroxylation is 2. The summed E-state index contributed by atoms with van der Waals surface area (Å²) in [6.07, 6.45) is 0.973. The van der Waals surface area contributed by atoms with Gasteiger partial charge in [0.05, 0.1) is 5.69 Å². The van der Waals surface area contributed by atoms with Crippen molar-refractivity contribution < 1.29 is 8.78 Å². The zero-order valence-electron chi connectivity index (χ0n) is 12.0. The van der Waals surface area contributed by atoms with Crippen LogP contribution in [-0.2, 0) is 19.9 Å². The smallest absolute Gasteiger partial charge is 0.129 e. The van der Waals surface area contributed by atoms with Crippen LogP contribution in [0.15, 0.2) is 24.3 Å². The van der Waals surface area contributed by atoms with Crippen LogP contribution in [0.4, 0.5) is 8.78 Å². The number of hydrogen-bond acceptors (Lipinski definition) is 2. The van der Waals surface area contributed by atoms with Gasteiger partial charge in [0.1, 0.15) is 11.6 Å². The quantitative estimate of drug-likeness (QED) is 0.910. The molecule has 2 aromatic rings. The first-order valence-electron chi connectivity index (χ1n) is 6.61. The molecule has 20 heavy (non-hydrogen) atoms. The zero-order chi connectivity index (χ0) is 14.7. The van der Waals surface area contributed by atoms with E-state index in [1.807, 2.05) is 20.0 Å². The summed E-state index contributed by atoms with van der Waals surface area (Å²) >= 11 is 0. The first-order chi connectivity index (χ1) is 9.51. The molecule has 1 aromatic carbocycles. The van der Waals surface area contributed by atoms with Gasteiger partial charge < -0.3 is 5.32 Å². The lowest BCUT2D eigenvalue weighted by Crippen LogP contribution is -2.31. The van der Waals surface area contributed by atoms with Crippen LogP contribution in [0, 0.1) is 18.6 Å². The molecule has 1 aromatic heterocycles. The molecule has 5 heteroatoms. The molecule has 0 aliphatic heterocycles. The van der Waals surface area contributed by atoms with Gasteiger partial charge in [0.25, 0.3) is 0 Å². The van der Waals surface area contributed by atoms with Crippen LogP contribution >= 0.6 is 0 Å². The van der Waals surface area contributed by atoms with Gasteiger partial charge >= 0.3 is 0 Å². The van der Waals surface area contributed by atoms with Crippen molar-refractivity contribution in [2.75, 3.05) is 7.05 Å². The number of hydrogen-bond donors (Lipinski definition) is 1. The lowest BCUT2D eigenvalue weighted by Gasteiger charge is -2.17. The number of aromatic nitrogens is 2. The van der Waals surface area contributed by atoms with Crippen LogP contribution in [0.1, 0.15) is 17.0 Å². The number of rotatable bonds is 5. The minimum Gasteiger partial charge on any atom is -0.316 e. The van der Waals surface area contributed by atoms with Gasteiger partial charge in [0.2, 0.25) is 0 Å². The molecule has 0 aliphatic carbocycles. The lowest BCUT2D eigenvalue weighted by molar-refractivity contribution is 0.492. The van der Waals surface area contributed by atoms with Crippen LogP contribution < -0.4 is 5.32 Å². The van der Waals surface area contributed by atoms with E-state index in [1.54, 1.807) is 11.7 Å². The normalized spacial score (nSPS) is 12.7. The molecule has 2 rings (SSSR count). The SMILES string of the molecule is CNC(Cc1c(F)cccc1F)Cc1cc(C)nn1C. The molecular weight excluding hydrogens is 260 g/mol. The molecule has 108 valence electrons. The molecular formula is C15H19F2N3. The highest BCUT2D eigenvalue weighted by molar-refractivity contribution is 5.21. The van der Waals surface area contributed by atoms with Gasteiger partial charge in [-0.1, -0.05) is 6.07 Å². The van der Waals surface area contributed by atoms with E-state index in [2.05, 4.69) is 10.4 Å². The molecule has 1 N–H and O–H groups in total. The maximum atomic E-state index is 13.7. The van der Waals surface area contributed by atoms with Crippen LogP contribution in [0.25, 0.3) is 0 Å². The molecule has 3 nitrogen and oxygen atoms in total. The Bertz CT molecular complexity index is 573. The fraction of sp³-hybridized carbons (Fsp3) is 0.400. The molecule has 0 fully saturated rings. The van der Waals surface area contributed by atoms with E-state index in [-0.39, 0.29) is 11.6 Å². The number of benzene rings is 1. The summed E-state index contributed by atoms with van der Waals surface area (Å²) in [5, 5.41) is 7.40. The van der Waals surface area contributed by atoms with Gasteiger partial charge in [-0.2, -0.15) is 5.10 Å². The van der Waals surface area contributed by atoms with Crippen LogP contribution in [0.5, 0.6) is 0 Å². The summed E-state index contributed by atoms with van der Waals surface area (Å²) in [4.78, 5) is 0. The Morgan fingerprint density at radius 3 is 2.40 bits per heavy atom. The molecule has 1 atom stereocenters. The van der Waals surface area contributed by atoms with Crippen LogP contribution in [-0.4, -0.2) is 22.9 Å². The third kappa shape index (κ3) is 3.22. The molecule has 0 saturated heterocycles. The lowest BCUT2D eigenvalue weighted by atomic mass is 10.0. The Morgan fingerprint density at radius 1 is 1.25 bits per heavy atom. The molecule has 0 amide bonds. The fourth-order valence-corrected chi connectivity index (χ4v) is 2.36. The maximum absolute atomic E-state index is 13.7. The van der Waals surface area contributed by atoms with E-state index in [9.17, 15) is 8.78 Å². The van der Waals surface area contributed by atoms with Crippen LogP contribution in [0.3, 0.4) is 0 Å². The average molecular weight is 279 g/mol. The van der Waals surface area contributed by atoms with Crippen molar-refractivity contribution in [2.24, 2.45) is 7.05 Å². The van der Waals surface area contributed by atoms with Crippen molar-refractivity contribution in [3.8, 4) is 0 Å². The van der Waals surface area contributed by atoms with Crippen molar-refractivity contribution in [1.82, 2.24) is 15.1 Å². The van der Waals surface area contributed by atoms with Gasteiger partial charge in [-0.05, 0) is 38.6 Å². The Hall–Kier alpha value is -1.75. The molecule has 0 saturated carbocycles. The fourth-order valence-electron chi connectivity index (χ4n) is 2.36. The minimum absolute atomic E-state index is 0.0452. The van der Waals surface area contributed by atoms with E-state index in [4.69, 9.17) is 0 Å². The van der Waals surface area contributed by atoms with E-state index >= 15 is 0 Å². The topological polar surface area (TPSA) is 29.9 Å². The minimum atomic E-state index is -0.494. The van der Waals surface area contributed by atoms with Crippen molar-refractivity contribution >= 4 is 0 Å². The zero-order valence-corrected chi connectivity index (χ0v) is 12.0. The van der Waals surface area contributed by atoms with E-state index < -0.39 is 11.6 Å². The third-order valence-electron chi connectivity index (χ3n) is 3.47. The van der Waals surface area contributed by atoms with Gasteiger partial charge in [-0.25, -0.2) is 8.78 Å². The standard InChI is InChI=1S/C15H19F2N3/c1-10-7-12(20(3)19-10)8-11(18-2)9-13-14(16)5-4-6-15(13)17/h4-7,11,18H,8-9H2,1-3H3. The summed E-state index contributed by atoms with van der Waals surface area (Å²) in [5.74, 6) is -0.988. The summed E-state index contributed by atoms with van der Waals surface area (Å²) < 4.78 is 29.2. The van der Waals surface area contributed by atoms with Crippen molar-refractivity contribution in [3.63, 3.8) is 0 Å². The van der Waals surface area contributed by atoms with E-state index in [1.165, 1.54) is 18.2 Å². The first-order valence-corrected chi connectivity index (χ1v) is 6.61. The maximum Gasteiger partial charge on any atom is 0.129 e. The first kappa shape index (κ1) is 14.7. The van der Waals surface area contributed by atoms with Gasteiger partial charge in [0.15, 0.2) is 0 Å². The molecule has 0 bridgehead atoms. The Morgan fingerprint density at radius 2 is 1.90 bits per heavy atom. The van der Waals surface area contributed by atoms with Crippen molar-refractivity contribution in [1.29, 1.82) is 0 Å². The predicted octanol–water partition coefficient (Wildman–Crippen LogP) is 2.38. The Balaban J connectivity index is 2.15. The van der Waals surface area contributed by atoms with Gasteiger partial charge in [0, 0.05) is 30.8 Å². The molecule has 0 radical (unpaired) electrons. The van der Waals surface area contributed by atoms with E-state index in [0.29, 0.717) is 12.8 Å². The summed E-state index contributed by atoms with van der Waals surface area (Å²) in [6.45, 7) is 1.93. The second-order valence-electron chi connectivity index (χ2n) is 4.99. The highest BCUT2D eigenvalue weighted by atomic mass is 19.1. The predicted molar refractivity (Wildman–Crippen MR) is 74.6 cm³/mol. The van der Waals surface area contributed by atoms with Gasteiger partial charge in [-0.15, -0.1) is 0 Å². The highest BCUT2D eigenvalue weighted by Crippen LogP contribution is 2.16. The Labute approximate surface area is 117 Å². The highest BCUT2D eigenvalue weighted by Gasteiger charge is 2.16. The molecule has 0 spiro atoms. The Kier molecular flexibility index (Phi) is 4.49. The van der Waals surface area contributed by atoms with Crippen molar-refractivity contribution in [2.45, 2.75) is 25.8 Å². The summed E-state index contributed by atoms with van der Waals surface area (Å²) in [7, 11) is 3.67. The monoisotopic (exact) mass is 279 g/mol. The molecule has 0 aliphatic rings. The van der Waals surface area contributed by atoms with E-state index in [0.717, 1.165) is 11.4 Å². The summed E-state index contributed by atoms with van der Waals surface area (Å²) in [6, 6.07) is 5.91. The van der Waals surface area contributed by atoms with Crippen molar-refractivity contribution in [3.05, 3.63) is 52.9 Å². The van der Waals surface area contributed by atoms with Gasteiger partial charge in [-0.3, -0.25) is 4.68 Å². The second-order valence-corrected chi connectivity index (χ2v) is 4.99. The number of halogens is 2. The average Bonchev–Trinajstić information content (AvgIpc) is 2.71. The number of nitrogens with one attached hydrogen (secondary N) is 1. The molecule has 1 unspecified atom stereocenters. The van der Waals surface area contributed by atoms with Crippen LogP contribution in [0.2, 0.25) is 0 Å². The number of nitrogens with zero attached hydrogens (tertiary/aromatic N) is 2.